The van der Waals surface area contributed by atoms with Crippen LogP contribution in [0.5, 0.6) is 0 Å². The Kier molecular flexibility index (Phi) is 6.48. The van der Waals surface area contributed by atoms with Gasteiger partial charge in [-0.1, -0.05) is 42.5 Å². The Labute approximate surface area is 181 Å². The van der Waals surface area contributed by atoms with E-state index in [4.69, 9.17) is 9.47 Å². The molecule has 1 fully saturated rings. The number of anilines is 2. The summed E-state index contributed by atoms with van der Waals surface area (Å²) < 4.78 is 10.8. The zero-order chi connectivity index (χ0) is 21.6. The number of rotatable bonds is 6. The summed E-state index contributed by atoms with van der Waals surface area (Å²) in [7, 11) is 0. The number of hydrogen-bond acceptors (Lipinski definition) is 5. The van der Waals surface area contributed by atoms with E-state index in [1.165, 1.54) is 0 Å². The number of esters is 1. The molecule has 0 unspecified atom stereocenters. The molecule has 0 radical (unpaired) electrons. The van der Waals surface area contributed by atoms with Crippen LogP contribution >= 0.6 is 0 Å². The number of nitrogens with zero attached hydrogens (tertiary/aromatic N) is 1. The van der Waals surface area contributed by atoms with E-state index in [1.54, 1.807) is 6.92 Å². The first kappa shape index (κ1) is 20.9. The number of amides is 1. The van der Waals surface area contributed by atoms with Gasteiger partial charge < -0.3 is 19.7 Å². The molecule has 31 heavy (non-hydrogen) atoms. The van der Waals surface area contributed by atoms with Gasteiger partial charge in [0.05, 0.1) is 19.6 Å². The molecule has 1 heterocycles. The number of ether oxygens (including phenoxy) is 2. The number of benzene rings is 3. The Balaban J connectivity index is 1.32. The highest BCUT2D eigenvalue weighted by atomic mass is 16.5. The second-order valence-electron chi connectivity index (χ2n) is 7.58. The molecule has 1 saturated heterocycles. The number of fused-ring (bicyclic) bond motifs is 1. The molecule has 1 atom stereocenters. The maximum atomic E-state index is 12.5. The van der Waals surface area contributed by atoms with E-state index in [2.05, 4.69) is 10.2 Å². The summed E-state index contributed by atoms with van der Waals surface area (Å²) >= 11 is 0. The Morgan fingerprint density at radius 2 is 1.71 bits per heavy atom. The van der Waals surface area contributed by atoms with Crippen LogP contribution in [-0.4, -0.2) is 44.3 Å². The van der Waals surface area contributed by atoms with Gasteiger partial charge >= 0.3 is 5.97 Å². The number of morpholine rings is 1. The third kappa shape index (κ3) is 5.22. The lowest BCUT2D eigenvalue weighted by atomic mass is 10.0. The fourth-order valence-electron chi connectivity index (χ4n) is 3.72. The minimum atomic E-state index is -0.888. The van der Waals surface area contributed by atoms with E-state index in [9.17, 15) is 9.59 Å². The largest absolute Gasteiger partial charge is 0.452 e. The summed E-state index contributed by atoms with van der Waals surface area (Å²) in [6, 6.07) is 21.4. The highest BCUT2D eigenvalue weighted by Crippen LogP contribution is 2.21. The predicted molar refractivity (Wildman–Crippen MR) is 121 cm³/mol. The summed E-state index contributed by atoms with van der Waals surface area (Å²) in [6.07, 6.45) is -0.769. The predicted octanol–water partition coefficient (Wildman–Crippen LogP) is 3.79. The summed E-state index contributed by atoms with van der Waals surface area (Å²) in [5.74, 6) is -0.785. The lowest BCUT2D eigenvalue weighted by Gasteiger charge is -2.28. The molecule has 3 aromatic carbocycles. The number of carbonyl (C=O) groups is 2. The summed E-state index contributed by atoms with van der Waals surface area (Å²) in [5.41, 5.74) is 2.64. The van der Waals surface area contributed by atoms with Crippen molar-refractivity contribution in [2.24, 2.45) is 0 Å². The zero-order valence-corrected chi connectivity index (χ0v) is 17.5. The fraction of sp³-hybridized carbons (Fsp3) is 0.280. The van der Waals surface area contributed by atoms with Crippen molar-refractivity contribution in [3.05, 3.63) is 72.3 Å². The van der Waals surface area contributed by atoms with Gasteiger partial charge in [0.15, 0.2) is 6.10 Å². The molecule has 6 heteroatoms. The maximum absolute atomic E-state index is 12.5. The third-order valence-corrected chi connectivity index (χ3v) is 5.40. The molecule has 0 aromatic heterocycles. The van der Waals surface area contributed by atoms with Gasteiger partial charge in [0.25, 0.3) is 5.91 Å². The van der Waals surface area contributed by atoms with Crippen LogP contribution in [0.25, 0.3) is 10.8 Å². The third-order valence-electron chi connectivity index (χ3n) is 5.40. The van der Waals surface area contributed by atoms with Gasteiger partial charge in [0.2, 0.25) is 0 Å². The molecule has 6 nitrogen and oxygen atoms in total. The van der Waals surface area contributed by atoms with Gasteiger partial charge in [0.1, 0.15) is 0 Å². The lowest BCUT2D eigenvalue weighted by Crippen LogP contribution is -2.36. The van der Waals surface area contributed by atoms with Crippen LogP contribution in [0, 0.1) is 0 Å². The first-order chi connectivity index (χ1) is 15.1. The van der Waals surface area contributed by atoms with Crippen LogP contribution in [0.2, 0.25) is 0 Å². The quantitative estimate of drug-likeness (QED) is 0.617. The molecule has 1 aliphatic rings. The average molecular weight is 418 g/mol. The van der Waals surface area contributed by atoms with Crippen molar-refractivity contribution < 1.29 is 19.1 Å². The molecule has 0 spiro atoms. The number of carbonyl (C=O) groups excluding carboxylic acids is 2. The first-order valence-electron chi connectivity index (χ1n) is 10.5. The Hall–Kier alpha value is -3.38. The molecule has 4 rings (SSSR count). The van der Waals surface area contributed by atoms with Crippen molar-refractivity contribution in [2.45, 2.75) is 19.4 Å². The van der Waals surface area contributed by atoms with E-state index in [-0.39, 0.29) is 12.3 Å². The molecular weight excluding hydrogens is 392 g/mol. The highest BCUT2D eigenvalue weighted by molar-refractivity contribution is 5.95. The molecule has 1 N–H and O–H groups in total. The van der Waals surface area contributed by atoms with Crippen LogP contribution < -0.4 is 10.2 Å². The van der Waals surface area contributed by atoms with E-state index < -0.39 is 12.1 Å². The van der Waals surface area contributed by atoms with Crippen molar-refractivity contribution in [1.82, 2.24) is 0 Å². The van der Waals surface area contributed by atoms with Crippen molar-refractivity contribution in [3.8, 4) is 0 Å². The van der Waals surface area contributed by atoms with Gasteiger partial charge in [-0.15, -0.1) is 0 Å². The maximum Gasteiger partial charge on any atom is 0.311 e. The molecule has 160 valence electrons. The number of hydrogen-bond donors (Lipinski definition) is 1. The summed E-state index contributed by atoms with van der Waals surface area (Å²) in [6.45, 7) is 4.74. The van der Waals surface area contributed by atoms with E-state index in [0.29, 0.717) is 5.69 Å². The van der Waals surface area contributed by atoms with Gasteiger partial charge in [-0.25, -0.2) is 0 Å². The van der Waals surface area contributed by atoms with Gasteiger partial charge in [-0.3, -0.25) is 9.59 Å². The fourth-order valence-corrected chi connectivity index (χ4v) is 3.72. The van der Waals surface area contributed by atoms with Crippen LogP contribution in [0.15, 0.2) is 66.7 Å². The van der Waals surface area contributed by atoms with Gasteiger partial charge in [0, 0.05) is 24.5 Å². The normalized spacial score (nSPS) is 14.8. The second-order valence-corrected chi connectivity index (χ2v) is 7.58. The smallest absolute Gasteiger partial charge is 0.311 e. The molecule has 1 amide bonds. The van der Waals surface area contributed by atoms with E-state index in [1.807, 2.05) is 66.7 Å². The van der Waals surface area contributed by atoms with Crippen LogP contribution in [-0.2, 0) is 25.5 Å². The molecule has 0 aliphatic carbocycles. The number of nitrogens with one attached hydrogen (secondary N) is 1. The molecular formula is C25H26N2O4. The Bertz CT molecular complexity index is 1050. The summed E-state index contributed by atoms with van der Waals surface area (Å²) in [5, 5.41) is 4.89. The monoisotopic (exact) mass is 418 g/mol. The van der Waals surface area contributed by atoms with Crippen molar-refractivity contribution in [1.29, 1.82) is 0 Å². The molecule has 3 aromatic rings. The van der Waals surface area contributed by atoms with Crippen molar-refractivity contribution in [3.63, 3.8) is 0 Å². The lowest BCUT2D eigenvalue weighted by molar-refractivity contribution is -0.152. The van der Waals surface area contributed by atoms with Crippen molar-refractivity contribution >= 4 is 34.0 Å². The SMILES string of the molecule is C[C@@H](OC(=O)Cc1cccc2ccccc12)C(=O)Nc1ccc(N2CCOCC2)cc1. The van der Waals surface area contributed by atoms with Gasteiger partial charge in [-0.2, -0.15) is 0 Å². The van der Waals surface area contributed by atoms with E-state index >= 15 is 0 Å². The molecule has 1 aliphatic heterocycles. The summed E-state index contributed by atoms with van der Waals surface area (Å²) in [4.78, 5) is 27.2. The Morgan fingerprint density at radius 3 is 2.48 bits per heavy atom. The highest BCUT2D eigenvalue weighted by Gasteiger charge is 2.19. The zero-order valence-electron chi connectivity index (χ0n) is 17.5. The van der Waals surface area contributed by atoms with Crippen LogP contribution in [0.1, 0.15) is 12.5 Å². The van der Waals surface area contributed by atoms with Gasteiger partial charge in [-0.05, 0) is 47.5 Å². The minimum Gasteiger partial charge on any atom is -0.452 e. The van der Waals surface area contributed by atoms with Crippen molar-refractivity contribution in [2.75, 3.05) is 36.5 Å². The first-order valence-corrected chi connectivity index (χ1v) is 10.5. The Morgan fingerprint density at radius 1 is 1.00 bits per heavy atom. The van der Waals surface area contributed by atoms with E-state index in [0.717, 1.165) is 48.3 Å². The average Bonchev–Trinajstić information content (AvgIpc) is 2.80. The molecule has 0 bridgehead atoms. The topological polar surface area (TPSA) is 67.9 Å². The standard InChI is InChI=1S/C25H26N2O4/c1-18(31-24(28)17-20-7-4-6-19-5-2-3-8-23(19)20)25(29)26-21-9-11-22(12-10-21)27-13-15-30-16-14-27/h2-12,18H,13-17H2,1H3,(H,26,29)/t18-/m1/s1. The van der Waals surface area contributed by atoms with Crippen LogP contribution in [0.4, 0.5) is 11.4 Å². The second kappa shape index (κ2) is 9.62. The minimum absolute atomic E-state index is 0.118. The molecule has 0 saturated carbocycles. The van der Waals surface area contributed by atoms with Crippen LogP contribution in [0.3, 0.4) is 0 Å².